The van der Waals surface area contributed by atoms with Crippen LogP contribution in [-0.2, 0) is 6.54 Å². The Morgan fingerprint density at radius 3 is 2.74 bits per heavy atom. The molecule has 0 bridgehead atoms. The van der Waals surface area contributed by atoms with E-state index in [1.54, 1.807) is 47.6 Å². The topological polar surface area (TPSA) is 64.3 Å². The predicted molar refractivity (Wildman–Crippen MR) is 70.2 cm³/mol. The molecule has 5 nitrogen and oxygen atoms in total. The lowest BCUT2D eigenvalue weighted by Gasteiger charge is -2.13. The molecular weight excluding hydrogens is 244 g/mol. The average molecular weight is 260 g/mol. The molecule has 1 N–H and O–H groups in total. The van der Waals surface area contributed by atoms with Gasteiger partial charge < -0.3 is 14.4 Å². The van der Waals surface area contributed by atoms with E-state index in [-0.39, 0.29) is 12.4 Å². The molecule has 1 heterocycles. The van der Waals surface area contributed by atoms with Gasteiger partial charge in [0.25, 0.3) is 0 Å². The fourth-order valence-corrected chi connectivity index (χ4v) is 1.67. The summed E-state index contributed by atoms with van der Waals surface area (Å²) in [6.07, 6.45) is 4.48. The first-order valence-corrected chi connectivity index (χ1v) is 6.03. The van der Waals surface area contributed by atoms with E-state index in [9.17, 15) is 9.90 Å². The van der Waals surface area contributed by atoms with Crippen LogP contribution < -0.4 is 4.74 Å². The van der Waals surface area contributed by atoms with Crippen molar-refractivity contribution in [3.8, 4) is 5.75 Å². The maximum Gasteiger partial charge on any atom is 0.159 e. The summed E-state index contributed by atoms with van der Waals surface area (Å²) in [7, 11) is 0. The highest BCUT2D eigenvalue weighted by Crippen LogP contribution is 2.13. The molecule has 0 amide bonds. The standard InChI is InChI=1S/C14H16N2O3/c1-11(17)12-2-4-14(5-3-12)19-9-13(18)8-16-7-6-15-10-16/h2-7,10,13,18H,8-9H2,1H3/t13-/m0/s1. The Kier molecular flexibility index (Phi) is 4.30. The number of hydrogen-bond donors (Lipinski definition) is 1. The molecule has 1 atom stereocenters. The SMILES string of the molecule is CC(=O)c1ccc(OC[C@@H](O)Cn2ccnc2)cc1. The predicted octanol–water partition coefficient (Wildman–Crippen LogP) is 1.53. The molecular formula is C14H16N2O3. The van der Waals surface area contributed by atoms with Gasteiger partial charge in [0.05, 0.1) is 12.9 Å². The lowest BCUT2D eigenvalue weighted by molar-refractivity contribution is 0.0923. The van der Waals surface area contributed by atoms with Crippen LogP contribution in [0.25, 0.3) is 0 Å². The highest BCUT2D eigenvalue weighted by atomic mass is 16.5. The summed E-state index contributed by atoms with van der Waals surface area (Å²) in [5.74, 6) is 0.654. The maximum atomic E-state index is 11.1. The number of carbonyl (C=O) groups excluding carboxylic acids is 1. The van der Waals surface area contributed by atoms with Gasteiger partial charge in [0, 0.05) is 18.0 Å². The summed E-state index contributed by atoms with van der Waals surface area (Å²) in [6.45, 7) is 2.15. The second kappa shape index (κ2) is 6.15. The van der Waals surface area contributed by atoms with E-state index < -0.39 is 6.10 Å². The largest absolute Gasteiger partial charge is 0.491 e. The van der Waals surface area contributed by atoms with Gasteiger partial charge in [0.15, 0.2) is 5.78 Å². The molecule has 2 aromatic rings. The van der Waals surface area contributed by atoms with Crippen LogP contribution >= 0.6 is 0 Å². The van der Waals surface area contributed by atoms with Crippen LogP contribution in [-0.4, -0.2) is 33.2 Å². The molecule has 19 heavy (non-hydrogen) atoms. The fourth-order valence-electron chi connectivity index (χ4n) is 1.67. The Hall–Kier alpha value is -2.14. The first kappa shape index (κ1) is 13.3. The number of aliphatic hydroxyl groups excluding tert-OH is 1. The number of aliphatic hydroxyl groups is 1. The molecule has 0 saturated carbocycles. The van der Waals surface area contributed by atoms with Crippen LogP contribution in [0.3, 0.4) is 0 Å². The van der Waals surface area contributed by atoms with Gasteiger partial charge in [-0.25, -0.2) is 4.98 Å². The number of benzene rings is 1. The Morgan fingerprint density at radius 2 is 2.16 bits per heavy atom. The van der Waals surface area contributed by atoms with Crippen molar-refractivity contribution in [1.29, 1.82) is 0 Å². The molecule has 0 unspecified atom stereocenters. The molecule has 2 rings (SSSR count). The average Bonchev–Trinajstić information content (AvgIpc) is 2.89. The molecule has 0 aliphatic rings. The normalized spacial score (nSPS) is 12.1. The number of carbonyl (C=O) groups is 1. The van der Waals surface area contributed by atoms with Crippen molar-refractivity contribution < 1.29 is 14.6 Å². The van der Waals surface area contributed by atoms with Gasteiger partial charge in [-0.05, 0) is 31.2 Å². The van der Waals surface area contributed by atoms with Crippen molar-refractivity contribution in [2.24, 2.45) is 0 Å². The zero-order valence-electron chi connectivity index (χ0n) is 10.7. The lowest BCUT2D eigenvalue weighted by Crippen LogP contribution is -2.22. The Balaban J connectivity index is 1.83. The zero-order chi connectivity index (χ0) is 13.7. The summed E-state index contributed by atoms with van der Waals surface area (Å²) in [5.41, 5.74) is 0.645. The first-order valence-electron chi connectivity index (χ1n) is 6.03. The van der Waals surface area contributed by atoms with Crippen LogP contribution in [0.1, 0.15) is 17.3 Å². The summed E-state index contributed by atoms with van der Waals surface area (Å²) < 4.78 is 7.24. The van der Waals surface area contributed by atoms with Crippen molar-refractivity contribution in [3.05, 3.63) is 48.5 Å². The lowest BCUT2D eigenvalue weighted by atomic mass is 10.1. The number of imidazole rings is 1. The third-order valence-electron chi connectivity index (χ3n) is 2.68. The molecule has 5 heteroatoms. The molecule has 0 aliphatic heterocycles. The maximum absolute atomic E-state index is 11.1. The van der Waals surface area contributed by atoms with Crippen molar-refractivity contribution >= 4 is 5.78 Å². The molecule has 0 fully saturated rings. The second-order valence-electron chi connectivity index (χ2n) is 4.30. The van der Waals surface area contributed by atoms with E-state index in [0.717, 1.165) is 0 Å². The van der Waals surface area contributed by atoms with Crippen molar-refractivity contribution in [1.82, 2.24) is 9.55 Å². The van der Waals surface area contributed by atoms with Gasteiger partial charge in [-0.3, -0.25) is 4.79 Å². The second-order valence-corrected chi connectivity index (χ2v) is 4.30. The van der Waals surface area contributed by atoms with Crippen LogP contribution in [0.5, 0.6) is 5.75 Å². The quantitative estimate of drug-likeness (QED) is 0.800. The third-order valence-corrected chi connectivity index (χ3v) is 2.68. The van der Waals surface area contributed by atoms with E-state index in [2.05, 4.69) is 4.98 Å². The molecule has 0 saturated heterocycles. The summed E-state index contributed by atoms with van der Waals surface area (Å²) in [5, 5.41) is 9.80. The summed E-state index contributed by atoms with van der Waals surface area (Å²) in [6, 6.07) is 6.86. The number of hydrogen-bond acceptors (Lipinski definition) is 4. The van der Waals surface area contributed by atoms with Crippen molar-refractivity contribution in [3.63, 3.8) is 0 Å². The van der Waals surface area contributed by atoms with E-state index in [1.165, 1.54) is 6.92 Å². The Labute approximate surface area is 111 Å². The van der Waals surface area contributed by atoms with Crippen molar-refractivity contribution in [2.75, 3.05) is 6.61 Å². The molecule has 0 spiro atoms. The summed E-state index contributed by atoms with van der Waals surface area (Å²) >= 11 is 0. The number of aromatic nitrogens is 2. The highest BCUT2D eigenvalue weighted by molar-refractivity contribution is 5.94. The van der Waals surface area contributed by atoms with Gasteiger partial charge in [-0.2, -0.15) is 0 Å². The van der Waals surface area contributed by atoms with E-state index >= 15 is 0 Å². The molecule has 0 radical (unpaired) electrons. The van der Waals surface area contributed by atoms with Crippen LogP contribution in [0.2, 0.25) is 0 Å². The highest BCUT2D eigenvalue weighted by Gasteiger charge is 2.06. The van der Waals surface area contributed by atoms with Crippen LogP contribution in [0, 0.1) is 0 Å². The number of ether oxygens (including phenoxy) is 1. The van der Waals surface area contributed by atoms with E-state index in [4.69, 9.17) is 4.74 Å². The number of ketones is 1. The minimum Gasteiger partial charge on any atom is -0.491 e. The van der Waals surface area contributed by atoms with Crippen molar-refractivity contribution in [2.45, 2.75) is 19.6 Å². The fraction of sp³-hybridized carbons (Fsp3) is 0.286. The van der Waals surface area contributed by atoms with Gasteiger partial charge in [-0.15, -0.1) is 0 Å². The van der Waals surface area contributed by atoms with Gasteiger partial charge in [-0.1, -0.05) is 0 Å². The van der Waals surface area contributed by atoms with Crippen LogP contribution in [0.4, 0.5) is 0 Å². The third kappa shape index (κ3) is 3.93. The monoisotopic (exact) mass is 260 g/mol. The minimum atomic E-state index is -0.610. The van der Waals surface area contributed by atoms with Gasteiger partial charge in [0.1, 0.15) is 18.5 Å². The Morgan fingerprint density at radius 1 is 1.42 bits per heavy atom. The number of Topliss-reactive ketones (excluding diaryl/α,β-unsaturated/α-hetero) is 1. The number of nitrogens with zero attached hydrogens (tertiary/aromatic N) is 2. The van der Waals surface area contributed by atoms with E-state index in [0.29, 0.717) is 17.9 Å². The van der Waals surface area contributed by atoms with Gasteiger partial charge >= 0.3 is 0 Å². The van der Waals surface area contributed by atoms with Gasteiger partial charge in [0.2, 0.25) is 0 Å². The molecule has 1 aromatic carbocycles. The minimum absolute atomic E-state index is 0.0201. The summed E-state index contributed by atoms with van der Waals surface area (Å²) in [4.78, 5) is 15.0. The molecule has 100 valence electrons. The molecule has 1 aromatic heterocycles. The van der Waals surface area contributed by atoms with E-state index in [1.807, 2.05) is 0 Å². The molecule has 0 aliphatic carbocycles. The number of rotatable bonds is 6. The zero-order valence-corrected chi connectivity index (χ0v) is 10.7. The van der Waals surface area contributed by atoms with Crippen LogP contribution in [0.15, 0.2) is 43.0 Å². The smallest absolute Gasteiger partial charge is 0.159 e. The first-order chi connectivity index (χ1) is 9.15. The Bertz CT molecular complexity index is 520.